The van der Waals surface area contributed by atoms with E-state index in [2.05, 4.69) is 54.7 Å². The van der Waals surface area contributed by atoms with E-state index in [1.807, 2.05) is 30.0 Å². The van der Waals surface area contributed by atoms with Crippen LogP contribution in [0.4, 0.5) is 10.5 Å². The molecule has 2 N–H and O–H groups in total. The van der Waals surface area contributed by atoms with Crippen LogP contribution < -0.4 is 10.2 Å². The summed E-state index contributed by atoms with van der Waals surface area (Å²) in [5.74, 6) is 0. The van der Waals surface area contributed by atoms with Crippen LogP contribution in [0.1, 0.15) is 16.7 Å². The summed E-state index contributed by atoms with van der Waals surface area (Å²) in [7, 11) is 0. The maximum absolute atomic E-state index is 12.5. The Morgan fingerprint density at radius 3 is 2.54 bits per heavy atom. The second kappa shape index (κ2) is 8.68. The lowest BCUT2D eigenvalue weighted by Gasteiger charge is -2.31. The van der Waals surface area contributed by atoms with Gasteiger partial charge in [-0.2, -0.15) is 0 Å². The molecule has 26 heavy (non-hydrogen) atoms. The number of amides is 2. The van der Waals surface area contributed by atoms with Gasteiger partial charge in [0.2, 0.25) is 0 Å². The van der Waals surface area contributed by atoms with E-state index >= 15 is 0 Å². The number of carbonyl (C=O) groups is 1. The highest BCUT2D eigenvalue weighted by atomic mass is 16.2. The third kappa shape index (κ3) is 4.96. The van der Waals surface area contributed by atoms with Crippen molar-refractivity contribution >= 4 is 17.8 Å². The van der Waals surface area contributed by atoms with E-state index in [-0.39, 0.29) is 6.03 Å². The Labute approximate surface area is 156 Å². The monoisotopic (exact) mass is 350 g/mol. The molecule has 1 aliphatic rings. The van der Waals surface area contributed by atoms with Gasteiger partial charge in [-0.3, -0.25) is 0 Å². The molecule has 136 valence electrons. The predicted octanol–water partition coefficient (Wildman–Crippen LogP) is 2.75. The second-order valence-corrected chi connectivity index (χ2v) is 7.00. The van der Waals surface area contributed by atoms with Crippen molar-refractivity contribution in [1.82, 2.24) is 4.90 Å². The molecule has 0 radical (unpaired) electrons. The minimum atomic E-state index is 0.0100. The zero-order valence-electron chi connectivity index (χ0n) is 15.7. The predicted molar refractivity (Wildman–Crippen MR) is 108 cm³/mol. The van der Waals surface area contributed by atoms with Gasteiger partial charge in [-0.15, -0.1) is 0 Å². The molecule has 1 aliphatic heterocycles. The Hall–Kier alpha value is -2.59. The number of piperazine rings is 1. The maximum Gasteiger partial charge on any atom is 0.322 e. The van der Waals surface area contributed by atoms with Gasteiger partial charge in [0.05, 0.1) is 32.7 Å². The van der Waals surface area contributed by atoms with Gasteiger partial charge in [0.1, 0.15) is 0 Å². The first kappa shape index (κ1) is 18.2. The van der Waals surface area contributed by atoms with E-state index in [9.17, 15) is 4.79 Å². The number of anilines is 1. The molecular weight excluding hydrogens is 322 g/mol. The molecule has 0 unspecified atom stereocenters. The van der Waals surface area contributed by atoms with Crippen LogP contribution in [0.5, 0.6) is 0 Å². The molecule has 4 nitrogen and oxygen atoms in total. The molecule has 2 aromatic rings. The summed E-state index contributed by atoms with van der Waals surface area (Å²) >= 11 is 0. The number of rotatable bonds is 4. The fraction of sp³-hybridized carbons (Fsp3) is 0.318. The van der Waals surface area contributed by atoms with Crippen LogP contribution in [0.2, 0.25) is 0 Å². The molecule has 0 aliphatic carbocycles. The highest BCUT2D eigenvalue weighted by molar-refractivity contribution is 5.90. The first-order chi connectivity index (χ1) is 12.6. The topological polar surface area (TPSA) is 36.8 Å². The first-order valence-corrected chi connectivity index (χ1v) is 9.30. The second-order valence-electron chi connectivity index (χ2n) is 7.00. The van der Waals surface area contributed by atoms with Crippen LogP contribution in [0, 0.1) is 13.8 Å². The average molecular weight is 350 g/mol. The van der Waals surface area contributed by atoms with Crippen LogP contribution in [0.25, 0.3) is 6.08 Å². The van der Waals surface area contributed by atoms with Gasteiger partial charge in [-0.05, 0) is 37.1 Å². The smallest absolute Gasteiger partial charge is 0.322 e. The van der Waals surface area contributed by atoms with Crippen molar-refractivity contribution < 1.29 is 9.69 Å². The summed E-state index contributed by atoms with van der Waals surface area (Å²) in [6, 6.07) is 16.5. The molecule has 0 saturated carbocycles. The van der Waals surface area contributed by atoms with Crippen LogP contribution >= 0.6 is 0 Å². The first-order valence-electron chi connectivity index (χ1n) is 9.30. The number of aryl methyl sites for hydroxylation is 2. The summed E-state index contributed by atoms with van der Waals surface area (Å²) in [5, 5.41) is 3.05. The lowest BCUT2D eigenvalue weighted by atomic mass is 10.1. The number of hydrogen-bond acceptors (Lipinski definition) is 1. The van der Waals surface area contributed by atoms with Gasteiger partial charge >= 0.3 is 6.03 Å². The van der Waals surface area contributed by atoms with Crippen molar-refractivity contribution in [3.8, 4) is 0 Å². The number of hydrogen-bond donors (Lipinski definition) is 2. The van der Waals surface area contributed by atoms with Gasteiger partial charge in [0, 0.05) is 5.69 Å². The summed E-state index contributed by atoms with van der Waals surface area (Å²) in [5.41, 5.74) is 4.45. The minimum absolute atomic E-state index is 0.0100. The maximum atomic E-state index is 12.5. The number of quaternary nitrogens is 1. The van der Waals surface area contributed by atoms with Crippen molar-refractivity contribution in [2.75, 3.05) is 38.0 Å². The minimum Gasteiger partial charge on any atom is -0.329 e. The molecule has 0 spiro atoms. The molecule has 1 fully saturated rings. The molecule has 4 heteroatoms. The summed E-state index contributed by atoms with van der Waals surface area (Å²) in [4.78, 5) is 15.9. The van der Waals surface area contributed by atoms with Gasteiger partial charge in [-0.1, -0.05) is 54.1 Å². The Kier molecular flexibility index (Phi) is 6.08. The Balaban J connectivity index is 1.45. The van der Waals surface area contributed by atoms with Crippen molar-refractivity contribution in [2.45, 2.75) is 13.8 Å². The Morgan fingerprint density at radius 1 is 1.12 bits per heavy atom. The Bertz CT molecular complexity index is 762. The quantitative estimate of drug-likeness (QED) is 0.874. The third-order valence-corrected chi connectivity index (χ3v) is 4.90. The zero-order chi connectivity index (χ0) is 18.4. The third-order valence-electron chi connectivity index (χ3n) is 4.90. The van der Waals surface area contributed by atoms with E-state index in [1.54, 1.807) is 0 Å². The van der Waals surface area contributed by atoms with Gasteiger partial charge in [0.25, 0.3) is 0 Å². The lowest BCUT2D eigenvalue weighted by Crippen LogP contribution is -3.14. The lowest BCUT2D eigenvalue weighted by molar-refractivity contribution is -0.898. The van der Waals surface area contributed by atoms with Crippen molar-refractivity contribution in [1.29, 1.82) is 0 Å². The van der Waals surface area contributed by atoms with E-state index in [4.69, 9.17) is 0 Å². The van der Waals surface area contributed by atoms with Crippen LogP contribution in [-0.2, 0) is 0 Å². The molecule has 0 bridgehead atoms. The molecule has 2 amide bonds. The fourth-order valence-corrected chi connectivity index (χ4v) is 3.30. The Morgan fingerprint density at radius 2 is 1.85 bits per heavy atom. The van der Waals surface area contributed by atoms with E-state index in [1.165, 1.54) is 16.0 Å². The van der Waals surface area contributed by atoms with E-state index < -0.39 is 0 Å². The number of nitrogens with zero attached hydrogens (tertiary/aromatic N) is 1. The van der Waals surface area contributed by atoms with Gasteiger partial charge in [-0.25, -0.2) is 4.79 Å². The van der Waals surface area contributed by atoms with Gasteiger partial charge in [0.15, 0.2) is 0 Å². The number of carbonyl (C=O) groups excluding carboxylic acids is 1. The van der Waals surface area contributed by atoms with E-state index in [0.29, 0.717) is 0 Å². The molecule has 3 rings (SSSR count). The highest BCUT2D eigenvalue weighted by Crippen LogP contribution is 2.16. The number of benzene rings is 2. The summed E-state index contributed by atoms with van der Waals surface area (Å²) in [6.07, 6.45) is 4.41. The molecule has 1 saturated heterocycles. The number of urea groups is 1. The van der Waals surface area contributed by atoms with Crippen LogP contribution in [0.3, 0.4) is 0 Å². The summed E-state index contributed by atoms with van der Waals surface area (Å²) < 4.78 is 0. The van der Waals surface area contributed by atoms with Gasteiger partial charge < -0.3 is 15.1 Å². The molecule has 1 heterocycles. The van der Waals surface area contributed by atoms with Crippen molar-refractivity contribution in [3.63, 3.8) is 0 Å². The van der Waals surface area contributed by atoms with E-state index in [0.717, 1.165) is 44.0 Å². The van der Waals surface area contributed by atoms with Crippen LogP contribution in [0.15, 0.2) is 54.6 Å². The number of nitrogens with one attached hydrogen (secondary N) is 2. The molecule has 0 aromatic heterocycles. The van der Waals surface area contributed by atoms with Crippen molar-refractivity contribution in [2.24, 2.45) is 0 Å². The van der Waals surface area contributed by atoms with Crippen LogP contribution in [-0.4, -0.2) is 43.7 Å². The SMILES string of the molecule is Cc1ccc(NC(=O)N2CC[NH+](C/C=C/c3ccccc3)CC2)c(C)c1. The molecule has 0 atom stereocenters. The molecular formula is C22H28N3O+. The molecule has 2 aromatic carbocycles. The summed E-state index contributed by atoms with van der Waals surface area (Å²) in [6.45, 7) is 8.66. The van der Waals surface area contributed by atoms with Crippen molar-refractivity contribution in [3.05, 3.63) is 71.3 Å². The standard InChI is InChI=1S/C22H27N3O/c1-18-10-11-21(19(2)17-18)23-22(26)25-15-13-24(14-16-25)12-6-9-20-7-4-3-5-8-20/h3-11,17H,12-16H2,1-2H3,(H,23,26)/p+1/b9-6+. The highest BCUT2D eigenvalue weighted by Gasteiger charge is 2.23. The normalized spacial score (nSPS) is 15.4. The fourth-order valence-electron chi connectivity index (χ4n) is 3.30. The zero-order valence-corrected chi connectivity index (χ0v) is 15.7. The average Bonchev–Trinajstić information content (AvgIpc) is 2.65. The largest absolute Gasteiger partial charge is 0.329 e.